The van der Waals surface area contributed by atoms with Crippen molar-refractivity contribution in [1.82, 2.24) is 19.8 Å². The van der Waals surface area contributed by atoms with E-state index in [4.69, 9.17) is 9.47 Å². The summed E-state index contributed by atoms with van der Waals surface area (Å²) in [6.45, 7) is 4.58. The third-order valence-electron chi connectivity index (χ3n) is 4.62. The quantitative estimate of drug-likeness (QED) is 0.914. The first-order chi connectivity index (χ1) is 11.3. The second-order valence-electron chi connectivity index (χ2n) is 6.08. The molecule has 2 saturated heterocycles. The summed E-state index contributed by atoms with van der Waals surface area (Å²) in [5, 5.41) is 3.54. The Kier molecular flexibility index (Phi) is 4.03. The number of fused-ring (bicyclic) bond motifs is 1. The Hall–Kier alpha value is -1.89. The van der Waals surface area contributed by atoms with Crippen molar-refractivity contribution in [2.45, 2.75) is 18.7 Å². The van der Waals surface area contributed by atoms with Gasteiger partial charge in [-0.2, -0.15) is 0 Å². The lowest BCUT2D eigenvalue weighted by Crippen LogP contribution is -2.47. The van der Waals surface area contributed by atoms with Crippen molar-refractivity contribution in [3.63, 3.8) is 0 Å². The Labute approximate surface area is 136 Å². The van der Waals surface area contributed by atoms with Gasteiger partial charge in [-0.3, -0.25) is 4.90 Å². The highest BCUT2D eigenvalue weighted by molar-refractivity contribution is 5.38. The number of morpholine rings is 1. The Morgan fingerprint density at radius 3 is 2.96 bits per heavy atom. The number of benzene rings is 1. The van der Waals surface area contributed by atoms with Gasteiger partial charge >= 0.3 is 0 Å². The second kappa shape index (κ2) is 6.31. The van der Waals surface area contributed by atoms with Crippen LogP contribution in [-0.4, -0.2) is 59.9 Å². The van der Waals surface area contributed by atoms with E-state index in [1.807, 2.05) is 24.5 Å². The van der Waals surface area contributed by atoms with Crippen LogP contribution in [0.1, 0.15) is 5.82 Å². The minimum atomic E-state index is 0.313. The van der Waals surface area contributed by atoms with E-state index >= 15 is 0 Å². The van der Waals surface area contributed by atoms with E-state index in [2.05, 4.69) is 31.9 Å². The minimum absolute atomic E-state index is 0.313. The fourth-order valence-corrected chi connectivity index (χ4v) is 3.43. The molecule has 2 aromatic rings. The number of hydrogen-bond donors (Lipinski definition) is 1. The first-order valence-electron chi connectivity index (χ1n) is 8.07. The van der Waals surface area contributed by atoms with Crippen LogP contribution in [0.4, 0.5) is 0 Å². The highest BCUT2D eigenvalue weighted by Crippen LogP contribution is 2.20. The molecule has 2 aliphatic rings. The van der Waals surface area contributed by atoms with E-state index in [0.29, 0.717) is 12.1 Å². The molecule has 2 atom stereocenters. The van der Waals surface area contributed by atoms with Gasteiger partial charge in [-0.05, 0) is 24.3 Å². The molecule has 1 aromatic heterocycles. The minimum Gasteiger partial charge on any atom is -0.497 e. The number of hydrogen-bond acceptors (Lipinski definition) is 5. The van der Waals surface area contributed by atoms with Gasteiger partial charge in [0.15, 0.2) is 0 Å². The summed E-state index contributed by atoms with van der Waals surface area (Å²) >= 11 is 0. The number of aromatic nitrogens is 2. The normalized spacial score (nSPS) is 24.6. The summed E-state index contributed by atoms with van der Waals surface area (Å²) < 4.78 is 13.2. The van der Waals surface area contributed by atoms with Crippen molar-refractivity contribution in [1.29, 1.82) is 0 Å². The van der Waals surface area contributed by atoms with Gasteiger partial charge in [-0.15, -0.1) is 0 Å². The van der Waals surface area contributed by atoms with Crippen LogP contribution in [0.5, 0.6) is 5.75 Å². The van der Waals surface area contributed by atoms with Crippen molar-refractivity contribution < 1.29 is 9.47 Å². The first-order valence-corrected chi connectivity index (χ1v) is 8.07. The molecule has 23 heavy (non-hydrogen) atoms. The average molecular weight is 314 g/mol. The van der Waals surface area contributed by atoms with E-state index in [1.54, 1.807) is 7.11 Å². The van der Waals surface area contributed by atoms with Crippen LogP contribution in [0, 0.1) is 0 Å². The van der Waals surface area contributed by atoms with Crippen molar-refractivity contribution in [3.05, 3.63) is 42.5 Å². The maximum Gasteiger partial charge on any atom is 0.127 e. The number of likely N-dealkylation sites (tertiary alicyclic amines) is 1. The average Bonchev–Trinajstić information content (AvgIpc) is 3.21. The van der Waals surface area contributed by atoms with Crippen molar-refractivity contribution >= 4 is 0 Å². The summed E-state index contributed by atoms with van der Waals surface area (Å²) in [5.74, 6) is 1.91. The van der Waals surface area contributed by atoms with Crippen LogP contribution >= 0.6 is 0 Å². The molecule has 4 rings (SSSR count). The molecular weight excluding hydrogens is 292 g/mol. The Morgan fingerprint density at radius 2 is 2.17 bits per heavy atom. The number of rotatable bonds is 4. The summed E-state index contributed by atoms with van der Waals surface area (Å²) in [4.78, 5) is 6.96. The molecule has 1 N–H and O–H groups in total. The monoisotopic (exact) mass is 314 g/mol. The molecule has 122 valence electrons. The molecule has 1 aromatic carbocycles. The molecule has 6 nitrogen and oxygen atoms in total. The van der Waals surface area contributed by atoms with Crippen molar-refractivity contribution in [3.8, 4) is 11.4 Å². The Balaban J connectivity index is 1.49. The van der Waals surface area contributed by atoms with E-state index in [-0.39, 0.29) is 0 Å². The van der Waals surface area contributed by atoms with Gasteiger partial charge in [0, 0.05) is 43.8 Å². The van der Waals surface area contributed by atoms with E-state index in [9.17, 15) is 0 Å². The van der Waals surface area contributed by atoms with Gasteiger partial charge in [0.2, 0.25) is 0 Å². The summed E-state index contributed by atoms with van der Waals surface area (Å²) in [5.41, 5.74) is 1.10. The molecule has 6 heteroatoms. The van der Waals surface area contributed by atoms with Gasteiger partial charge in [0.25, 0.3) is 0 Å². The van der Waals surface area contributed by atoms with Crippen molar-refractivity contribution in [2.24, 2.45) is 0 Å². The van der Waals surface area contributed by atoms with Crippen LogP contribution in [0.15, 0.2) is 36.7 Å². The summed E-state index contributed by atoms with van der Waals surface area (Å²) in [6, 6.07) is 8.51. The van der Waals surface area contributed by atoms with E-state index in [1.165, 1.54) is 0 Å². The van der Waals surface area contributed by atoms with E-state index < -0.39 is 0 Å². The summed E-state index contributed by atoms with van der Waals surface area (Å²) in [6.07, 6.45) is 4.18. The third kappa shape index (κ3) is 2.97. The van der Waals surface area contributed by atoms with Crippen LogP contribution < -0.4 is 10.1 Å². The van der Waals surface area contributed by atoms with Crippen LogP contribution in [0.25, 0.3) is 5.69 Å². The van der Waals surface area contributed by atoms with Crippen molar-refractivity contribution in [2.75, 3.05) is 33.4 Å². The maximum atomic E-state index is 5.85. The first kappa shape index (κ1) is 14.7. The highest BCUT2D eigenvalue weighted by atomic mass is 16.5. The zero-order valence-corrected chi connectivity index (χ0v) is 13.3. The van der Waals surface area contributed by atoms with Gasteiger partial charge in [0.1, 0.15) is 11.6 Å². The highest BCUT2D eigenvalue weighted by Gasteiger charge is 2.35. The van der Waals surface area contributed by atoms with Gasteiger partial charge < -0.3 is 19.4 Å². The molecule has 0 amide bonds. The molecule has 2 unspecified atom stereocenters. The zero-order chi connectivity index (χ0) is 15.6. The molecule has 0 aliphatic carbocycles. The molecule has 0 spiro atoms. The lowest BCUT2D eigenvalue weighted by Gasteiger charge is -2.25. The topological polar surface area (TPSA) is 51.5 Å². The standard InChI is InChI=1S/C17H22N4O2/c1-22-14-4-2-13(3-5-14)21-8-6-19-17(21)12-20-10-15-16(11-20)23-9-7-18-15/h2-6,8,15-16,18H,7,9-12H2,1H3. The smallest absolute Gasteiger partial charge is 0.127 e. The third-order valence-corrected chi connectivity index (χ3v) is 4.62. The number of imidazole rings is 1. The molecule has 0 radical (unpaired) electrons. The lowest BCUT2D eigenvalue weighted by molar-refractivity contribution is 0.0174. The van der Waals surface area contributed by atoms with Gasteiger partial charge in [-0.25, -0.2) is 4.98 Å². The molecule has 2 fully saturated rings. The number of nitrogens with zero attached hydrogens (tertiary/aromatic N) is 3. The predicted octanol–water partition coefficient (Wildman–Crippen LogP) is 1.05. The number of nitrogens with one attached hydrogen (secondary N) is 1. The van der Waals surface area contributed by atoms with Crippen LogP contribution in [0.2, 0.25) is 0 Å². The molecule has 3 heterocycles. The Morgan fingerprint density at radius 1 is 1.30 bits per heavy atom. The number of ether oxygens (including phenoxy) is 2. The Bertz CT molecular complexity index is 641. The van der Waals surface area contributed by atoms with Crippen LogP contribution in [-0.2, 0) is 11.3 Å². The van der Waals surface area contributed by atoms with Gasteiger partial charge in [-0.1, -0.05) is 0 Å². The largest absolute Gasteiger partial charge is 0.497 e. The second-order valence-corrected chi connectivity index (χ2v) is 6.08. The predicted molar refractivity (Wildman–Crippen MR) is 86.9 cm³/mol. The molecule has 0 saturated carbocycles. The molecule has 0 bridgehead atoms. The summed E-state index contributed by atoms with van der Waals surface area (Å²) in [7, 11) is 1.68. The maximum absolute atomic E-state index is 5.85. The fraction of sp³-hybridized carbons (Fsp3) is 0.471. The molecular formula is C17H22N4O2. The molecule has 2 aliphatic heterocycles. The lowest BCUT2D eigenvalue weighted by atomic mass is 10.2. The van der Waals surface area contributed by atoms with Crippen LogP contribution in [0.3, 0.4) is 0 Å². The van der Waals surface area contributed by atoms with Gasteiger partial charge in [0.05, 0.1) is 26.4 Å². The SMILES string of the molecule is COc1ccc(-n2ccnc2CN2CC3NCCOC3C2)cc1. The number of methoxy groups -OCH3 is 1. The fourth-order valence-electron chi connectivity index (χ4n) is 3.43. The zero-order valence-electron chi connectivity index (χ0n) is 13.3. The van der Waals surface area contributed by atoms with E-state index in [0.717, 1.165) is 50.0 Å².